The zero-order chi connectivity index (χ0) is 22.6. The first kappa shape index (κ1) is 21.8. The smallest absolute Gasteiger partial charge is 0.265 e. The van der Waals surface area contributed by atoms with Gasteiger partial charge in [-0.25, -0.2) is 0 Å². The molecule has 4 rings (SSSR count). The lowest BCUT2D eigenvalue weighted by atomic mass is 9.85. The number of rotatable bonds is 5. The number of aliphatic hydroxyl groups is 1. The summed E-state index contributed by atoms with van der Waals surface area (Å²) < 4.78 is 0. The molecule has 0 bridgehead atoms. The second-order valence-electron chi connectivity index (χ2n) is 8.32. The van der Waals surface area contributed by atoms with Gasteiger partial charge in [0.05, 0.1) is 0 Å². The Morgan fingerprint density at radius 3 is 1.97 bits per heavy atom. The minimum absolute atomic E-state index is 0.0140. The molecule has 0 aliphatic carbocycles. The minimum atomic E-state index is -1.85. The summed E-state index contributed by atoms with van der Waals surface area (Å²) in [6.45, 7) is 2.86. The number of likely N-dealkylation sites (tertiary alicyclic amines) is 1. The van der Waals surface area contributed by atoms with Crippen molar-refractivity contribution in [2.24, 2.45) is 0 Å². The Labute approximate surface area is 188 Å². The van der Waals surface area contributed by atoms with Crippen LogP contribution in [0.2, 0.25) is 0 Å². The topological polar surface area (TPSA) is 69.6 Å². The van der Waals surface area contributed by atoms with E-state index >= 15 is 0 Å². The maximum atomic E-state index is 13.3. The van der Waals surface area contributed by atoms with Gasteiger partial charge in [-0.15, -0.1) is 0 Å². The molecule has 5 heteroatoms. The molecule has 1 saturated heterocycles. The number of hydrogen-bond donors (Lipinski definition) is 2. The van der Waals surface area contributed by atoms with E-state index in [-0.39, 0.29) is 11.9 Å². The van der Waals surface area contributed by atoms with Gasteiger partial charge in [0.25, 0.3) is 11.8 Å². The van der Waals surface area contributed by atoms with E-state index in [9.17, 15) is 14.7 Å². The van der Waals surface area contributed by atoms with Gasteiger partial charge in [0, 0.05) is 23.8 Å². The van der Waals surface area contributed by atoms with Crippen LogP contribution in [-0.2, 0) is 10.4 Å². The lowest BCUT2D eigenvalue weighted by Crippen LogP contribution is -2.42. The van der Waals surface area contributed by atoms with E-state index in [0.717, 1.165) is 25.8 Å². The van der Waals surface area contributed by atoms with Crippen LogP contribution in [0.1, 0.15) is 47.7 Å². The van der Waals surface area contributed by atoms with Crippen LogP contribution in [0.25, 0.3) is 0 Å². The van der Waals surface area contributed by atoms with E-state index in [1.807, 2.05) is 17.0 Å². The fourth-order valence-electron chi connectivity index (χ4n) is 4.27. The summed E-state index contributed by atoms with van der Waals surface area (Å²) in [4.78, 5) is 28.1. The Morgan fingerprint density at radius 1 is 0.875 bits per heavy atom. The Hall–Kier alpha value is -3.44. The molecule has 1 atom stereocenters. The van der Waals surface area contributed by atoms with Crippen molar-refractivity contribution in [3.63, 3.8) is 0 Å². The van der Waals surface area contributed by atoms with Crippen LogP contribution in [0.15, 0.2) is 84.9 Å². The lowest BCUT2D eigenvalue weighted by Gasteiger charge is -2.33. The summed E-state index contributed by atoms with van der Waals surface area (Å²) in [6, 6.07) is 24.9. The van der Waals surface area contributed by atoms with Crippen LogP contribution < -0.4 is 5.32 Å². The fraction of sp³-hybridized carbons (Fsp3) is 0.259. The number of hydrogen-bond acceptors (Lipinski definition) is 3. The number of nitrogens with zero attached hydrogens (tertiary/aromatic N) is 1. The van der Waals surface area contributed by atoms with Crippen molar-refractivity contribution in [1.82, 2.24) is 4.90 Å². The van der Waals surface area contributed by atoms with Gasteiger partial charge in [0.1, 0.15) is 0 Å². The zero-order valence-corrected chi connectivity index (χ0v) is 18.2. The van der Waals surface area contributed by atoms with E-state index in [1.165, 1.54) is 0 Å². The maximum Gasteiger partial charge on any atom is 0.265 e. The molecule has 1 aliphatic rings. The standard InChI is InChI=1S/C27H28N2O3/c1-20-10-8-9-19-29(20)25(30)21-15-17-24(18-16-21)28-26(31)27(32,22-11-4-2-5-12-22)23-13-6-3-7-14-23/h2-7,11-18,20,32H,8-10,19H2,1H3,(H,28,31). The quantitative estimate of drug-likeness (QED) is 0.625. The minimum Gasteiger partial charge on any atom is -0.372 e. The molecule has 2 N–H and O–H groups in total. The number of amides is 2. The fourth-order valence-corrected chi connectivity index (χ4v) is 4.27. The molecular formula is C27H28N2O3. The molecule has 3 aromatic carbocycles. The highest BCUT2D eigenvalue weighted by molar-refractivity contribution is 6.01. The average molecular weight is 429 g/mol. The van der Waals surface area contributed by atoms with Gasteiger partial charge in [0.15, 0.2) is 5.60 Å². The second kappa shape index (κ2) is 9.37. The number of piperidine rings is 1. The van der Waals surface area contributed by atoms with Crippen molar-refractivity contribution in [3.05, 3.63) is 102 Å². The normalized spacial score (nSPS) is 16.4. The molecule has 0 aromatic heterocycles. The van der Waals surface area contributed by atoms with Gasteiger partial charge < -0.3 is 15.3 Å². The summed E-state index contributed by atoms with van der Waals surface area (Å²) >= 11 is 0. The van der Waals surface area contributed by atoms with Crippen molar-refractivity contribution in [2.45, 2.75) is 37.8 Å². The molecule has 0 spiro atoms. The van der Waals surface area contributed by atoms with E-state index < -0.39 is 11.5 Å². The molecule has 32 heavy (non-hydrogen) atoms. The number of carbonyl (C=O) groups excluding carboxylic acids is 2. The Bertz CT molecular complexity index is 1030. The number of anilines is 1. The predicted octanol–water partition coefficient (Wildman–Crippen LogP) is 4.58. The van der Waals surface area contributed by atoms with Crippen LogP contribution in [-0.4, -0.2) is 34.4 Å². The lowest BCUT2D eigenvalue weighted by molar-refractivity contribution is -0.131. The Balaban J connectivity index is 1.56. The number of nitrogens with one attached hydrogen (secondary N) is 1. The molecule has 1 unspecified atom stereocenters. The monoisotopic (exact) mass is 428 g/mol. The molecule has 0 saturated carbocycles. The highest BCUT2D eigenvalue weighted by Gasteiger charge is 2.39. The van der Waals surface area contributed by atoms with Crippen LogP contribution in [0, 0.1) is 0 Å². The molecule has 0 radical (unpaired) electrons. The Morgan fingerprint density at radius 2 is 1.44 bits per heavy atom. The van der Waals surface area contributed by atoms with Crippen molar-refractivity contribution >= 4 is 17.5 Å². The van der Waals surface area contributed by atoms with Crippen molar-refractivity contribution in [1.29, 1.82) is 0 Å². The molecule has 1 fully saturated rings. The summed E-state index contributed by atoms with van der Waals surface area (Å²) in [5.74, 6) is -0.543. The van der Waals surface area contributed by atoms with Gasteiger partial charge in [-0.05, 0) is 61.6 Å². The molecule has 2 amide bonds. The maximum absolute atomic E-state index is 13.3. The van der Waals surface area contributed by atoms with E-state index in [4.69, 9.17) is 0 Å². The van der Waals surface area contributed by atoms with Crippen molar-refractivity contribution < 1.29 is 14.7 Å². The second-order valence-corrected chi connectivity index (χ2v) is 8.32. The third-order valence-electron chi connectivity index (χ3n) is 6.17. The molecule has 1 aliphatic heterocycles. The highest BCUT2D eigenvalue weighted by Crippen LogP contribution is 2.31. The number of carbonyl (C=O) groups is 2. The van der Waals surface area contributed by atoms with Crippen LogP contribution >= 0.6 is 0 Å². The third-order valence-corrected chi connectivity index (χ3v) is 6.17. The van der Waals surface area contributed by atoms with E-state index in [0.29, 0.717) is 22.4 Å². The average Bonchev–Trinajstić information content (AvgIpc) is 2.85. The predicted molar refractivity (Wildman–Crippen MR) is 125 cm³/mol. The van der Waals surface area contributed by atoms with Gasteiger partial charge in [0.2, 0.25) is 0 Å². The molecule has 164 valence electrons. The van der Waals surface area contributed by atoms with Crippen molar-refractivity contribution in [2.75, 3.05) is 11.9 Å². The van der Waals surface area contributed by atoms with Gasteiger partial charge in [-0.3, -0.25) is 9.59 Å². The van der Waals surface area contributed by atoms with E-state index in [2.05, 4.69) is 12.2 Å². The highest BCUT2D eigenvalue weighted by atomic mass is 16.3. The van der Waals surface area contributed by atoms with Gasteiger partial charge in [-0.1, -0.05) is 60.7 Å². The summed E-state index contributed by atoms with van der Waals surface area (Å²) in [5.41, 5.74) is 0.228. The van der Waals surface area contributed by atoms with Gasteiger partial charge >= 0.3 is 0 Å². The number of benzene rings is 3. The first-order valence-corrected chi connectivity index (χ1v) is 11.1. The summed E-state index contributed by atoms with van der Waals surface area (Å²) in [6.07, 6.45) is 3.21. The first-order chi connectivity index (χ1) is 15.5. The van der Waals surface area contributed by atoms with Crippen molar-refractivity contribution in [3.8, 4) is 0 Å². The molecular weight excluding hydrogens is 400 g/mol. The third kappa shape index (κ3) is 4.30. The van der Waals surface area contributed by atoms with Crippen LogP contribution in [0.4, 0.5) is 5.69 Å². The summed E-state index contributed by atoms with van der Waals surface area (Å²) in [5, 5.41) is 14.4. The zero-order valence-electron chi connectivity index (χ0n) is 18.2. The SMILES string of the molecule is CC1CCCCN1C(=O)c1ccc(NC(=O)C(O)(c2ccccc2)c2ccccc2)cc1. The largest absolute Gasteiger partial charge is 0.372 e. The summed E-state index contributed by atoms with van der Waals surface area (Å²) in [7, 11) is 0. The van der Waals surface area contributed by atoms with E-state index in [1.54, 1.807) is 72.8 Å². The van der Waals surface area contributed by atoms with Crippen LogP contribution in [0.3, 0.4) is 0 Å². The first-order valence-electron chi connectivity index (χ1n) is 11.1. The molecule has 5 nitrogen and oxygen atoms in total. The Kier molecular flexibility index (Phi) is 6.37. The van der Waals surface area contributed by atoms with Crippen LogP contribution in [0.5, 0.6) is 0 Å². The molecule has 3 aromatic rings. The molecule has 1 heterocycles. The van der Waals surface area contributed by atoms with Gasteiger partial charge in [-0.2, -0.15) is 0 Å².